The fraction of sp³-hybridized carbons (Fsp3) is 0.875. The molecule has 4 heteroatoms. The molecular weight excluding hydrogens is 254 g/mol. The molecule has 1 heterocycles. The first kappa shape index (κ1) is 15.3. The van der Waals surface area contributed by atoms with Crippen molar-refractivity contribution in [1.29, 1.82) is 0 Å². The highest BCUT2D eigenvalue weighted by molar-refractivity contribution is 5.87. The molecule has 0 radical (unpaired) electrons. The number of nitrogens with zero attached hydrogens (tertiary/aromatic N) is 1. The molecule has 1 aliphatic carbocycles. The maximum atomic E-state index is 12.6. The van der Waals surface area contributed by atoms with Gasteiger partial charge in [0.1, 0.15) is 5.54 Å². The Kier molecular flexibility index (Phi) is 5.06. The Balaban J connectivity index is 2.01. The molecule has 20 heavy (non-hydrogen) atoms. The third-order valence-corrected chi connectivity index (χ3v) is 5.21. The van der Waals surface area contributed by atoms with E-state index in [-0.39, 0.29) is 5.91 Å². The summed E-state index contributed by atoms with van der Waals surface area (Å²) in [6.07, 6.45) is 9.74. The van der Waals surface area contributed by atoms with E-state index < -0.39 is 11.5 Å². The molecule has 0 bridgehead atoms. The molecule has 1 unspecified atom stereocenters. The highest BCUT2D eigenvalue weighted by atomic mass is 16.4. The van der Waals surface area contributed by atoms with E-state index in [1.807, 2.05) is 6.92 Å². The van der Waals surface area contributed by atoms with Crippen molar-refractivity contribution < 1.29 is 14.7 Å². The normalized spacial score (nSPS) is 28.4. The summed E-state index contributed by atoms with van der Waals surface area (Å²) in [5, 5.41) is 9.54. The van der Waals surface area contributed by atoms with Crippen molar-refractivity contribution in [1.82, 2.24) is 4.90 Å². The van der Waals surface area contributed by atoms with E-state index in [2.05, 4.69) is 0 Å². The topological polar surface area (TPSA) is 57.6 Å². The van der Waals surface area contributed by atoms with E-state index in [4.69, 9.17) is 0 Å². The van der Waals surface area contributed by atoms with Gasteiger partial charge in [-0.2, -0.15) is 0 Å². The Morgan fingerprint density at radius 1 is 1.15 bits per heavy atom. The Hall–Kier alpha value is -1.06. The van der Waals surface area contributed by atoms with Crippen LogP contribution in [0.25, 0.3) is 0 Å². The number of likely N-dealkylation sites (tertiary alicyclic amines) is 1. The van der Waals surface area contributed by atoms with Gasteiger partial charge >= 0.3 is 5.97 Å². The first-order valence-electron chi connectivity index (χ1n) is 8.14. The first-order valence-corrected chi connectivity index (χ1v) is 8.14. The highest BCUT2D eigenvalue weighted by Gasteiger charge is 2.48. The molecule has 0 aromatic rings. The van der Waals surface area contributed by atoms with Gasteiger partial charge in [-0.1, -0.05) is 32.6 Å². The molecule has 1 N–H and O–H groups in total. The third kappa shape index (κ3) is 2.99. The summed E-state index contributed by atoms with van der Waals surface area (Å²) in [6.45, 7) is 2.50. The Morgan fingerprint density at radius 2 is 1.80 bits per heavy atom. The maximum Gasteiger partial charge on any atom is 0.329 e. The predicted molar refractivity (Wildman–Crippen MR) is 77.4 cm³/mol. The minimum absolute atomic E-state index is 0.0682. The van der Waals surface area contributed by atoms with Crippen LogP contribution in [0.3, 0.4) is 0 Å². The molecule has 2 aliphatic rings. The van der Waals surface area contributed by atoms with Crippen LogP contribution < -0.4 is 0 Å². The first-order chi connectivity index (χ1) is 9.60. The van der Waals surface area contributed by atoms with Gasteiger partial charge in [0.15, 0.2) is 0 Å². The molecule has 2 rings (SSSR count). The van der Waals surface area contributed by atoms with Gasteiger partial charge in [-0.15, -0.1) is 0 Å². The van der Waals surface area contributed by atoms with Crippen LogP contribution in [0.5, 0.6) is 0 Å². The largest absolute Gasteiger partial charge is 0.479 e. The van der Waals surface area contributed by atoms with Crippen LogP contribution >= 0.6 is 0 Å². The number of rotatable bonds is 4. The standard InChI is InChI=1S/C16H27NO3/c1-2-16(15(19)20)10-7-11-17(16)14(18)12-13-8-5-3-4-6-9-13/h13H,2-12H2,1H3,(H,19,20). The van der Waals surface area contributed by atoms with Gasteiger partial charge in [0.2, 0.25) is 5.91 Å². The molecule has 4 nitrogen and oxygen atoms in total. The molecule has 0 aromatic carbocycles. The Morgan fingerprint density at radius 3 is 2.35 bits per heavy atom. The van der Waals surface area contributed by atoms with E-state index in [0.717, 1.165) is 19.3 Å². The second-order valence-corrected chi connectivity index (χ2v) is 6.40. The van der Waals surface area contributed by atoms with E-state index in [9.17, 15) is 14.7 Å². The van der Waals surface area contributed by atoms with E-state index in [0.29, 0.717) is 31.7 Å². The van der Waals surface area contributed by atoms with Gasteiger partial charge < -0.3 is 10.0 Å². The van der Waals surface area contributed by atoms with E-state index >= 15 is 0 Å². The van der Waals surface area contributed by atoms with Gasteiger partial charge in [0, 0.05) is 13.0 Å². The van der Waals surface area contributed by atoms with Crippen LogP contribution in [0.1, 0.15) is 71.1 Å². The minimum Gasteiger partial charge on any atom is -0.479 e. The zero-order chi connectivity index (χ0) is 14.6. The molecule has 114 valence electrons. The summed E-state index contributed by atoms with van der Waals surface area (Å²) in [5.74, 6) is -0.292. The Labute approximate surface area is 121 Å². The van der Waals surface area contributed by atoms with E-state index in [1.165, 1.54) is 25.7 Å². The van der Waals surface area contributed by atoms with Crippen LogP contribution in [0.2, 0.25) is 0 Å². The highest BCUT2D eigenvalue weighted by Crippen LogP contribution is 2.35. The van der Waals surface area contributed by atoms with Crippen molar-refractivity contribution in [3.05, 3.63) is 0 Å². The number of carboxylic acid groups (broad SMARTS) is 1. The minimum atomic E-state index is -0.929. The van der Waals surface area contributed by atoms with Crippen LogP contribution in [-0.4, -0.2) is 34.0 Å². The number of aliphatic carboxylic acids is 1. The van der Waals surface area contributed by atoms with E-state index in [1.54, 1.807) is 4.90 Å². The SMILES string of the molecule is CCC1(C(=O)O)CCCN1C(=O)CC1CCCCCC1. The second kappa shape index (κ2) is 6.59. The van der Waals surface area contributed by atoms with Crippen LogP contribution in [0, 0.1) is 5.92 Å². The average molecular weight is 281 g/mol. The summed E-state index contributed by atoms with van der Waals surface area (Å²) < 4.78 is 0. The fourth-order valence-electron chi connectivity index (χ4n) is 3.91. The van der Waals surface area contributed by atoms with Crippen LogP contribution in [0.4, 0.5) is 0 Å². The van der Waals surface area contributed by atoms with Crippen molar-refractivity contribution in [3.63, 3.8) is 0 Å². The maximum absolute atomic E-state index is 12.6. The zero-order valence-electron chi connectivity index (χ0n) is 12.6. The molecule has 1 saturated carbocycles. The second-order valence-electron chi connectivity index (χ2n) is 6.40. The lowest BCUT2D eigenvalue weighted by atomic mass is 9.91. The van der Waals surface area contributed by atoms with Crippen molar-refractivity contribution >= 4 is 11.9 Å². The molecule has 1 amide bonds. The summed E-state index contributed by atoms with van der Waals surface area (Å²) in [7, 11) is 0. The summed E-state index contributed by atoms with van der Waals surface area (Å²) in [4.78, 5) is 25.9. The lowest BCUT2D eigenvalue weighted by molar-refractivity contribution is -0.157. The summed E-state index contributed by atoms with van der Waals surface area (Å²) in [6, 6.07) is 0. The average Bonchev–Trinajstić information content (AvgIpc) is 2.72. The number of carbonyl (C=O) groups is 2. The molecule has 1 aliphatic heterocycles. The zero-order valence-corrected chi connectivity index (χ0v) is 12.6. The molecule has 0 spiro atoms. The van der Waals surface area contributed by atoms with Crippen molar-refractivity contribution in [2.24, 2.45) is 5.92 Å². The molecular formula is C16H27NO3. The predicted octanol–water partition coefficient (Wildman–Crippen LogP) is 3.20. The van der Waals surface area contributed by atoms with Gasteiger partial charge in [-0.05, 0) is 38.0 Å². The summed E-state index contributed by atoms with van der Waals surface area (Å²) >= 11 is 0. The molecule has 1 saturated heterocycles. The van der Waals surface area contributed by atoms with Gasteiger partial charge in [-0.25, -0.2) is 4.79 Å². The fourth-order valence-corrected chi connectivity index (χ4v) is 3.91. The van der Waals surface area contributed by atoms with Crippen molar-refractivity contribution in [3.8, 4) is 0 Å². The monoisotopic (exact) mass is 281 g/mol. The van der Waals surface area contributed by atoms with Crippen molar-refractivity contribution in [2.45, 2.75) is 76.7 Å². The quantitative estimate of drug-likeness (QED) is 0.805. The smallest absolute Gasteiger partial charge is 0.329 e. The lowest BCUT2D eigenvalue weighted by Gasteiger charge is -2.34. The lowest BCUT2D eigenvalue weighted by Crippen LogP contribution is -2.53. The molecule has 0 aromatic heterocycles. The molecule has 2 fully saturated rings. The Bertz CT molecular complexity index is 361. The number of hydrogen-bond acceptors (Lipinski definition) is 2. The number of carboxylic acids is 1. The van der Waals surface area contributed by atoms with Crippen LogP contribution in [-0.2, 0) is 9.59 Å². The van der Waals surface area contributed by atoms with Gasteiger partial charge in [0.25, 0.3) is 0 Å². The third-order valence-electron chi connectivity index (χ3n) is 5.21. The molecule has 1 atom stereocenters. The van der Waals surface area contributed by atoms with Gasteiger partial charge in [-0.3, -0.25) is 4.79 Å². The van der Waals surface area contributed by atoms with Crippen LogP contribution in [0.15, 0.2) is 0 Å². The summed E-state index contributed by atoms with van der Waals surface area (Å²) in [5.41, 5.74) is -0.929. The number of amides is 1. The number of hydrogen-bond donors (Lipinski definition) is 1. The number of carbonyl (C=O) groups excluding carboxylic acids is 1. The van der Waals surface area contributed by atoms with Crippen molar-refractivity contribution in [2.75, 3.05) is 6.54 Å². The van der Waals surface area contributed by atoms with Gasteiger partial charge in [0.05, 0.1) is 0 Å².